The number of methoxy groups -OCH3 is 1. The Morgan fingerprint density at radius 3 is 2.50 bits per heavy atom. The van der Waals surface area contributed by atoms with Gasteiger partial charge in [-0.2, -0.15) is 0 Å². The summed E-state index contributed by atoms with van der Waals surface area (Å²) in [4.78, 5) is 2.55. The molecule has 1 aromatic rings. The van der Waals surface area contributed by atoms with E-state index in [1.165, 1.54) is 25.7 Å². The monoisotopic (exact) mass is 275 g/mol. The quantitative estimate of drug-likeness (QED) is 0.916. The Kier molecular flexibility index (Phi) is 3.99. The number of benzene rings is 1. The fourth-order valence-corrected chi connectivity index (χ4v) is 4.03. The normalized spacial score (nSPS) is 23.9. The average molecular weight is 275 g/mol. The first-order valence-corrected chi connectivity index (χ1v) is 7.83. The molecule has 20 heavy (non-hydrogen) atoms. The minimum atomic E-state index is -0.404. The van der Waals surface area contributed by atoms with Crippen LogP contribution in [0.25, 0.3) is 0 Å². The molecule has 1 heterocycles. The summed E-state index contributed by atoms with van der Waals surface area (Å²) in [6, 6.07) is 7.93. The van der Waals surface area contributed by atoms with Gasteiger partial charge in [0.25, 0.3) is 0 Å². The van der Waals surface area contributed by atoms with Crippen LogP contribution < -0.4 is 4.74 Å². The van der Waals surface area contributed by atoms with Crippen molar-refractivity contribution < 1.29 is 9.84 Å². The zero-order valence-corrected chi connectivity index (χ0v) is 12.3. The van der Waals surface area contributed by atoms with Crippen molar-refractivity contribution in [2.24, 2.45) is 0 Å². The molecule has 1 saturated heterocycles. The van der Waals surface area contributed by atoms with Gasteiger partial charge in [-0.25, -0.2) is 0 Å². The van der Waals surface area contributed by atoms with Gasteiger partial charge in [-0.3, -0.25) is 4.90 Å². The van der Waals surface area contributed by atoms with Crippen LogP contribution in [-0.4, -0.2) is 35.7 Å². The molecule has 110 valence electrons. The van der Waals surface area contributed by atoms with E-state index >= 15 is 0 Å². The van der Waals surface area contributed by atoms with Gasteiger partial charge in [0.2, 0.25) is 0 Å². The molecule has 3 heteroatoms. The van der Waals surface area contributed by atoms with Gasteiger partial charge in [-0.15, -0.1) is 0 Å². The number of aliphatic hydroxyl groups excluding tert-OH is 1. The summed E-state index contributed by atoms with van der Waals surface area (Å²) in [5, 5.41) is 11.1. The summed E-state index contributed by atoms with van der Waals surface area (Å²) in [6.45, 7) is 2.28. The lowest BCUT2D eigenvalue weighted by molar-refractivity contribution is -0.0196. The Hall–Kier alpha value is -1.06. The first kappa shape index (κ1) is 13.9. The second kappa shape index (κ2) is 5.74. The molecule has 0 amide bonds. The average Bonchev–Trinajstić information content (AvgIpc) is 3.18. The van der Waals surface area contributed by atoms with Crippen LogP contribution in [0.4, 0.5) is 0 Å². The summed E-state index contributed by atoms with van der Waals surface area (Å²) in [5.74, 6) is 0.830. The molecule has 2 fully saturated rings. The molecule has 0 bridgehead atoms. The molecule has 1 aliphatic heterocycles. The maximum Gasteiger partial charge on any atom is 0.119 e. The lowest BCUT2D eigenvalue weighted by Crippen LogP contribution is -2.49. The van der Waals surface area contributed by atoms with Gasteiger partial charge in [0.1, 0.15) is 5.75 Å². The van der Waals surface area contributed by atoms with Crippen LogP contribution in [0.2, 0.25) is 0 Å². The van der Waals surface area contributed by atoms with Crippen molar-refractivity contribution in [2.75, 3.05) is 20.2 Å². The van der Waals surface area contributed by atoms with Gasteiger partial charge in [0, 0.05) is 0 Å². The largest absolute Gasteiger partial charge is 0.497 e. The predicted octanol–water partition coefficient (Wildman–Crippen LogP) is 3.14. The van der Waals surface area contributed by atoms with Crippen molar-refractivity contribution in [1.82, 2.24) is 4.90 Å². The van der Waals surface area contributed by atoms with Gasteiger partial charge in [-0.1, -0.05) is 25.0 Å². The highest BCUT2D eigenvalue weighted by Crippen LogP contribution is 2.46. The predicted molar refractivity (Wildman–Crippen MR) is 80.0 cm³/mol. The highest BCUT2D eigenvalue weighted by molar-refractivity contribution is 5.32. The zero-order valence-electron chi connectivity index (χ0n) is 12.3. The summed E-state index contributed by atoms with van der Waals surface area (Å²) in [7, 11) is 1.68. The molecule has 3 nitrogen and oxygen atoms in total. The maximum absolute atomic E-state index is 11.1. The number of likely N-dealkylation sites (tertiary alicyclic amines) is 1. The van der Waals surface area contributed by atoms with Crippen LogP contribution in [0.1, 0.15) is 50.2 Å². The van der Waals surface area contributed by atoms with Gasteiger partial charge in [0.05, 0.1) is 18.8 Å². The van der Waals surface area contributed by atoms with Crippen LogP contribution in [-0.2, 0) is 0 Å². The summed E-state index contributed by atoms with van der Waals surface area (Å²) in [6.07, 6.45) is 6.84. The molecule has 0 spiro atoms. The number of nitrogens with zero attached hydrogens (tertiary/aromatic N) is 1. The molecule has 1 atom stereocenters. The summed E-state index contributed by atoms with van der Waals surface area (Å²) >= 11 is 0. The molecule has 1 aromatic carbocycles. The SMILES string of the molecule is COc1cccc(C(O)C2(N3CCCC3)CCCC2)c1. The Bertz CT molecular complexity index is 448. The van der Waals surface area contributed by atoms with E-state index in [4.69, 9.17) is 4.74 Å². The van der Waals surface area contributed by atoms with Gasteiger partial charge in [0.15, 0.2) is 0 Å². The topological polar surface area (TPSA) is 32.7 Å². The molecule has 1 saturated carbocycles. The standard InChI is InChI=1S/C17H25NO2/c1-20-15-8-6-7-14(13-15)16(19)17(9-2-3-10-17)18-11-4-5-12-18/h6-8,13,16,19H,2-5,9-12H2,1H3. The number of hydrogen-bond donors (Lipinski definition) is 1. The van der Waals surface area contributed by atoms with Crippen LogP contribution >= 0.6 is 0 Å². The molecular formula is C17H25NO2. The Morgan fingerprint density at radius 1 is 1.15 bits per heavy atom. The molecule has 2 aliphatic rings. The molecule has 3 rings (SSSR count). The van der Waals surface area contributed by atoms with E-state index in [0.717, 1.165) is 37.2 Å². The molecule has 0 radical (unpaired) electrons. The first-order chi connectivity index (χ1) is 9.76. The number of aliphatic hydroxyl groups is 1. The third kappa shape index (κ3) is 2.33. The van der Waals surface area contributed by atoms with Gasteiger partial charge in [-0.05, 0) is 56.5 Å². The van der Waals surface area contributed by atoms with Crippen molar-refractivity contribution >= 4 is 0 Å². The molecular weight excluding hydrogens is 250 g/mol. The molecule has 1 N–H and O–H groups in total. The highest BCUT2D eigenvalue weighted by Gasteiger charge is 2.46. The first-order valence-electron chi connectivity index (χ1n) is 7.83. The Balaban J connectivity index is 1.90. The Labute approximate surface area is 121 Å². The minimum Gasteiger partial charge on any atom is -0.497 e. The lowest BCUT2D eigenvalue weighted by atomic mass is 9.84. The van der Waals surface area contributed by atoms with Crippen LogP contribution in [0.15, 0.2) is 24.3 Å². The van der Waals surface area contributed by atoms with Crippen molar-refractivity contribution in [3.63, 3.8) is 0 Å². The second-order valence-electron chi connectivity index (χ2n) is 6.18. The summed E-state index contributed by atoms with van der Waals surface area (Å²) in [5.41, 5.74) is 0.959. The molecule has 1 unspecified atom stereocenters. The smallest absolute Gasteiger partial charge is 0.119 e. The van der Waals surface area contributed by atoms with Crippen LogP contribution in [0.5, 0.6) is 5.75 Å². The molecule has 0 aromatic heterocycles. The number of rotatable bonds is 4. The molecule has 1 aliphatic carbocycles. The van der Waals surface area contributed by atoms with E-state index in [0.29, 0.717) is 0 Å². The van der Waals surface area contributed by atoms with Crippen molar-refractivity contribution in [3.8, 4) is 5.75 Å². The van der Waals surface area contributed by atoms with Gasteiger partial charge < -0.3 is 9.84 Å². The van der Waals surface area contributed by atoms with Crippen LogP contribution in [0.3, 0.4) is 0 Å². The minimum absolute atomic E-state index is 0.0388. The van der Waals surface area contributed by atoms with E-state index in [1.807, 2.05) is 24.3 Å². The van der Waals surface area contributed by atoms with E-state index in [1.54, 1.807) is 7.11 Å². The Morgan fingerprint density at radius 2 is 1.85 bits per heavy atom. The van der Waals surface area contributed by atoms with E-state index in [-0.39, 0.29) is 5.54 Å². The van der Waals surface area contributed by atoms with E-state index in [2.05, 4.69) is 4.90 Å². The van der Waals surface area contributed by atoms with Crippen molar-refractivity contribution in [3.05, 3.63) is 29.8 Å². The fraction of sp³-hybridized carbons (Fsp3) is 0.647. The fourth-order valence-electron chi connectivity index (χ4n) is 4.03. The third-order valence-electron chi connectivity index (χ3n) is 5.12. The van der Waals surface area contributed by atoms with Crippen molar-refractivity contribution in [2.45, 2.75) is 50.2 Å². The van der Waals surface area contributed by atoms with Crippen LogP contribution in [0, 0.1) is 0 Å². The second-order valence-corrected chi connectivity index (χ2v) is 6.18. The van der Waals surface area contributed by atoms with E-state index < -0.39 is 6.10 Å². The highest BCUT2D eigenvalue weighted by atomic mass is 16.5. The lowest BCUT2D eigenvalue weighted by Gasteiger charge is -2.43. The number of hydrogen-bond acceptors (Lipinski definition) is 3. The van der Waals surface area contributed by atoms with Gasteiger partial charge >= 0.3 is 0 Å². The van der Waals surface area contributed by atoms with Crippen molar-refractivity contribution in [1.29, 1.82) is 0 Å². The number of ether oxygens (including phenoxy) is 1. The maximum atomic E-state index is 11.1. The van der Waals surface area contributed by atoms with E-state index in [9.17, 15) is 5.11 Å². The third-order valence-corrected chi connectivity index (χ3v) is 5.12. The summed E-state index contributed by atoms with van der Waals surface area (Å²) < 4.78 is 5.30. The zero-order chi connectivity index (χ0) is 14.0.